The molecule has 0 saturated heterocycles. The highest BCUT2D eigenvalue weighted by Crippen LogP contribution is 2.34. The topological polar surface area (TPSA) is 47.6 Å². The van der Waals surface area contributed by atoms with E-state index in [4.69, 9.17) is 9.47 Å². The monoisotopic (exact) mass is 227 g/mol. The second kappa shape index (κ2) is 5.15. The van der Waals surface area contributed by atoms with Gasteiger partial charge < -0.3 is 14.8 Å². The molecule has 0 aromatic carbocycles. The second-order valence-corrected chi connectivity index (χ2v) is 4.81. The molecule has 0 unspecified atom stereocenters. The first-order valence-electron chi connectivity index (χ1n) is 6.12. The van der Waals surface area contributed by atoms with Gasteiger partial charge in [-0.25, -0.2) is 0 Å². The predicted octanol–water partition coefficient (Wildman–Crippen LogP) is 1.10. The van der Waals surface area contributed by atoms with Gasteiger partial charge in [0.05, 0.1) is 12.1 Å². The number of ether oxygens (including phenoxy) is 2. The average molecular weight is 227 g/mol. The third kappa shape index (κ3) is 2.55. The van der Waals surface area contributed by atoms with Gasteiger partial charge >= 0.3 is 0 Å². The highest BCUT2D eigenvalue weighted by Gasteiger charge is 2.38. The number of amides is 1. The van der Waals surface area contributed by atoms with Crippen molar-refractivity contribution in [2.75, 3.05) is 14.2 Å². The molecule has 0 aromatic rings. The molecule has 2 saturated carbocycles. The standard InChI is InChI=1S/C12H21NO3/c1-15-10-5-3-4-9(10)13-12(14)11(16-2)8-6-7-8/h8-11H,3-7H2,1-2H3,(H,13,14)/t9-,10-,11+/m1/s1. The Morgan fingerprint density at radius 2 is 2.00 bits per heavy atom. The largest absolute Gasteiger partial charge is 0.379 e. The molecule has 2 aliphatic carbocycles. The highest BCUT2D eigenvalue weighted by atomic mass is 16.5. The summed E-state index contributed by atoms with van der Waals surface area (Å²) in [5.74, 6) is 0.478. The van der Waals surface area contributed by atoms with E-state index in [0.717, 1.165) is 32.1 Å². The first kappa shape index (κ1) is 11.9. The lowest BCUT2D eigenvalue weighted by Gasteiger charge is -2.22. The normalized spacial score (nSPS) is 31.4. The van der Waals surface area contributed by atoms with Gasteiger partial charge in [-0.05, 0) is 38.0 Å². The average Bonchev–Trinajstić information content (AvgIpc) is 3.00. The summed E-state index contributed by atoms with van der Waals surface area (Å²) in [6.07, 6.45) is 5.35. The molecule has 4 heteroatoms. The van der Waals surface area contributed by atoms with Crippen LogP contribution in [0.5, 0.6) is 0 Å². The molecule has 3 atom stereocenters. The Kier molecular flexibility index (Phi) is 3.82. The maximum absolute atomic E-state index is 12.0. The zero-order valence-corrected chi connectivity index (χ0v) is 10.1. The number of carbonyl (C=O) groups is 1. The minimum Gasteiger partial charge on any atom is -0.379 e. The van der Waals surface area contributed by atoms with E-state index in [-0.39, 0.29) is 24.2 Å². The van der Waals surface area contributed by atoms with Crippen LogP contribution in [0.15, 0.2) is 0 Å². The smallest absolute Gasteiger partial charge is 0.249 e. The fourth-order valence-electron chi connectivity index (χ4n) is 2.55. The first-order chi connectivity index (χ1) is 7.76. The van der Waals surface area contributed by atoms with Crippen molar-refractivity contribution < 1.29 is 14.3 Å². The molecular formula is C12H21NO3. The van der Waals surface area contributed by atoms with E-state index in [1.54, 1.807) is 14.2 Å². The van der Waals surface area contributed by atoms with Crippen LogP contribution in [0.25, 0.3) is 0 Å². The predicted molar refractivity (Wildman–Crippen MR) is 60.1 cm³/mol. The van der Waals surface area contributed by atoms with E-state index in [9.17, 15) is 4.79 Å². The summed E-state index contributed by atoms with van der Waals surface area (Å²) in [5.41, 5.74) is 0. The van der Waals surface area contributed by atoms with E-state index >= 15 is 0 Å². The van der Waals surface area contributed by atoms with Crippen LogP contribution in [0, 0.1) is 5.92 Å². The van der Waals surface area contributed by atoms with Crippen LogP contribution >= 0.6 is 0 Å². The molecule has 1 N–H and O–H groups in total. The van der Waals surface area contributed by atoms with E-state index in [0.29, 0.717) is 5.92 Å². The summed E-state index contributed by atoms with van der Waals surface area (Å²) in [5, 5.41) is 3.06. The van der Waals surface area contributed by atoms with Gasteiger partial charge in [0.15, 0.2) is 0 Å². The zero-order valence-electron chi connectivity index (χ0n) is 10.1. The van der Waals surface area contributed by atoms with Gasteiger partial charge in [-0.15, -0.1) is 0 Å². The number of carbonyl (C=O) groups excluding carboxylic acids is 1. The fourth-order valence-corrected chi connectivity index (χ4v) is 2.55. The number of nitrogens with one attached hydrogen (secondary N) is 1. The van der Waals surface area contributed by atoms with Crippen LogP contribution < -0.4 is 5.32 Å². The molecule has 0 bridgehead atoms. The van der Waals surface area contributed by atoms with Crippen molar-refractivity contribution in [3.05, 3.63) is 0 Å². The summed E-state index contributed by atoms with van der Waals surface area (Å²) in [6.45, 7) is 0. The minimum atomic E-state index is -0.252. The lowest BCUT2D eigenvalue weighted by atomic mass is 10.1. The lowest BCUT2D eigenvalue weighted by Crippen LogP contribution is -2.46. The number of rotatable bonds is 5. The first-order valence-corrected chi connectivity index (χ1v) is 6.12. The molecule has 0 heterocycles. The van der Waals surface area contributed by atoms with Crippen LogP contribution in [0.2, 0.25) is 0 Å². The van der Waals surface area contributed by atoms with Gasteiger partial charge in [0.1, 0.15) is 6.10 Å². The highest BCUT2D eigenvalue weighted by molar-refractivity contribution is 5.81. The summed E-state index contributed by atoms with van der Waals surface area (Å²) in [6, 6.07) is 0.175. The number of methoxy groups -OCH3 is 2. The third-order valence-electron chi connectivity index (χ3n) is 3.65. The van der Waals surface area contributed by atoms with Crippen molar-refractivity contribution in [3.63, 3.8) is 0 Å². The molecule has 2 aliphatic rings. The molecule has 4 nitrogen and oxygen atoms in total. The maximum atomic E-state index is 12.0. The van der Waals surface area contributed by atoms with Gasteiger partial charge in [-0.2, -0.15) is 0 Å². The molecular weight excluding hydrogens is 206 g/mol. The summed E-state index contributed by atoms with van der Waals surface area (Å²) in [7, 11) is 3.33. The second-order valence-electron chi connectivity index (χ2n) is 4.81. The lowest BCUT2D eigenvalue weighted by molar-refractivity contribution is -0.133. The van der Waals surface area contributed by atoms with Gasteiger partial charge in [-0.1, -0.05) is 0 Å². The van der Waals surface area contributed by atoms with Crippen LogP contribution in [0.4, 0.5) is 0 Å². The molecule has 0 aromatic heterocycles. The molecule has 16 heavy (non-hydrogen) atoms. The van der Waals surface area contributed by atoms with Gasteiger partial charge in [0.2, 0.25) is 5.91 Å². The van der Waals surface area contributed by atoms with Crippen molar-refractivity contribution in [2.45, 2.75) is 50.4 Å². The van der Waals surface area contributed by atoms with E-state index in [2.05, 4.69) is 5.32 Å². The summed E-state index contributed by atoms with van der Waals surface area (Å²) >= 11 is 0. The van der Waals surface area contributed by atoms with Crippen LogP contribution in [0.1, 0.15) is 32.1 Å². The Morgan fingerprint density at radius 1 is 1.25 bits per heavy atom. The molecule has 2 fully saturated rings. The Morgan fingerprint density at radius 3 is 2.56 bits per heavy atom. The Hall–Kier alpha value is -0.610. The van der Waals surface area contributed by atoms with Crippen molar-refractivity contribution in [1.29, 1.82) is 0 Å². The van der Waals surface area contributed by atoms with Gasteiger partial charge in [-0.3, -0.25) is 4.79 Å². The van der Waals surface area contributed by atoms with E-state index in [1.807, 2.05) is 0 Å². The number of hydrogen-bond donors (Lipinski definition) is 1. The van der Waals surface area contributed by atoms with Crippen LogP contribution in [-0.4, -0.2) is 38.4 Å². The third-order valence-corrected chi connectivity index (χ3v) is 3.65. The van der Waals surface area contributed by atoms with Crippen molar-refractivity contribution in [3.8, 4) is 0 Å². The van der Waals surface area contributed by atoms with Crippen molar-refractivity contribution in [1.82, 2.24) is 5.32 Å². The van der Waals surface area contributed by atoms with Crippen LogP contribution in [0.3, 0.4) is 0 Å². The van der Waals surface area contributed by atoms with Gasteiger partial charge in [0.25, 0.3) is 0 Å². The summed E-state index contributed by atoms with van der Waals surface area (Å²) < 4.78 is 10.6. The quantitative estimate of drug-likeness (QED) is 0.765. The molecule has 2 rings (SSSR count). The number of hydrogen-bond acceptors (Lipinski definition) is 3. The van der Waals surface area contributed by atoms with Crippen molar-refractivity contribution >= 4 is 5.91 Å². The Labute approximate surface area is 96.7 Å². The zero-order chi connectivity index (χ0) is 11.5. The minimum absolute atomic E-state index is 0.0407. The van der Waals surface area contributed by atoms with E-state index < -0.39 is 0 Å². The Bertz CT molecular complexity index is 253. The SMILES string of the molecule is CO[C@H](C(=O)N[C@@H]1CCC[C@H]1OC)C1CC1. The molecule has 0 aliphatic heterocycles. The molecule has 1 amide bonds. The van der Waals surface area contributed by atoms with Crippen molar-refractivity contribution in [2.24, 2.45) is 5.92 Å². The Balaban J connectivity index is 1.85. The molecule has 0 radical (unpaired) electrons. The van der Waals surface area contributed by atoms with E-state index in [1.165, 1.54) is 0 Å². The van der Waals surface area contributed by atoms with Crippen LogP contribution in [-0.2, 0) is 14.3 Å². The summed E-state index contributed by atoms with van der Waals surface area (Å²) in [4.78, 5) is 12.0. The fraction of sp³-hybridized carbons (Fsp3) is 0.917. The molecule has 92 valence electrons. The molecule has 0 spiro atoms. The van der Waals surface area contributed by atoms with Gasteiger partial charge in [0, 0.05) is 14.2 Å². The maximum Gasteiger partial charge on any atom is 0.249 e.